The van der Waals surface area contributed by atoms with Crippen molar-refractivity contribution in [3.8, 4) is 17.3 Å². The molecule has 4 aromatic rings. The molecule has 158 valence electrons. The minimum atomic E-state index is -0.843. The fourth-order valence-electron chi connectivity index (χ4n) is 3.41. The summed E-state index contributed by atoms with van der Waals surface area (Å²) in [6.45, 7) is 0. The average Bonchev–Trinajstić information content (AvgIpc) is 3.26. The largest absolute Gasteiger partial charge is 0.334 e. The van der Waals surface area contributed by atoms with E-state index in [2.05, 4.69) is 31.8 Å². The van der Waals surface area contributed by atoms with Gasteiger partial charge in [0.05, 0.1) is 23.5 Å². The summed E-state index contributed by atoms with van der Waals surface area (Å²) in [5, 5.41) is 18.6. The zero-order valence-corrected chi connectivity index (χ0v) is 17.1. The van der Waals surface area contributed by atoms with Crippen molar-refractivity contribution < 1.29 is 9.59 Å². The third-order valence-corrected chi connectivity index (χ3v) is 5.35. The number of nitrogens with one attached hydrogen (secondary N) is 2. The van der Waals surface area contributed by atoms with E-state index in [1.54, 1.807) is 23.7 Å². The first kappa shape index (κ1) is 19.4. The number of benzene rings is 1. The van der Waals surface area contributed by atoms with Gasteiger partial charge in [0.1, 0.15) is 17.1 Å². The number of hydrogen-bond donors (Lipinski definition) is 2. The molecule has 3 aromatic heterocycles. The maximum Gasteiger partial charge on any atom is 0.275 e. The molecule has 1 saturated carbocycles. The topological polar surface area (TPSA) is 130 Å². The predicted molar refractivity (Wildman–Crippen MR) is 115 cm³/mol. The molecule has 0 atom stereocenters. The predicted octanol–water partition coefficient (Wildman–Crippen LogP) is 2.17. The van der Waals surface area contributed by atoms with E-state index in [0.717, 1.165) is 11.3 Å². The van der Waals surface area contributed by atoms with Crippen LogP contribution in [0, 0.1) is 11.3 Å². The summed E-state index contributed by atoms with van der Waals surface area (Å²) in [6.07, 6.45) is 6.11. The molecular weight excluding hydrogens is 408 g/mol. The third kappa shape index (κ3) is 3.45. The van der Waals surface area contributed by atoms with Crippen LogP contribution in [0.2, 0.25) is 0 Å². The quantitative estimate of drug-likeness (QED) is 0.503. The second-order valence-corrected chi connectivity index (χ2v) is 7.64. The van der Waals surface area contributed by atoms with Gasteiger partial charge < -0.3 is 10.6 Å². The van der Waals surface area contributed by atoms with Gasteiger partial charge in [-0.3, -0.25) is 18.7 Å². The lowest BCUT2D eigenvalue weighted by molar-refractivity contribution is 0.0928. The van der Waals surface area contributed by atoms with Crippen molar-refractivity contribution in [3.05, 3.63) is 66.2 Å². The Morgan fingerprint density at radius 3 is 2.62 bits per heavy atom. The summed E-state index contributed by atoms with van der Waals surface area (Å²) >= 11 is 0. The molecule has 2 N–H and O–H groups in total. The Bertz CT molecular complexity index is 1390. The van der Waals surface area contributed by atoms with Crippen LogP contribution in [-0.2, 0) is 7.05 Å². The number of anilines is 1. The monoisotopic (exact) mass is 426 g/mol. The van der Waals surface area contributed by atoms with Gasteiger partial charge in [-0.1, -0.05) is 30.3 Å². The highest BCUT2D eigenvalue weighted by Gasteiger charge is 2.45. The number of fused-ring (bicyclic) bond motifs is 1. The molecule has 10 heteroatoms. The van der Waals surface area contributed by atoms with E-state index in [1.165, 1.54) is 10.9 Å². The molecule has 0 saturated heterocycles. The van der Waals surface area contributed by atoms with E-state index in [0.29, 0.717) is 18.6 Å². The highest BCUT2D eigenvalue weighted by atomic mass is 16.2. The number of aromatic nitrogens is 5. The van der Waals surface area contributed by atoms with Crippen LogP contribution in [0.3, 0.4) is 0 Å². The van der Waals surface area contributed by atoms with Crippen molar-refractivity contribution in [1.29, 1.82) is 5.26 Å². The van der Waals surface area contributed by atoms with E-state index in [9.17, 15) is 14.9 Å². The summed E-state index contributed by atoms with van der Waals surface area (Å²) in [4.78, 5) is 34.5. The number of nitriles is 1. The molecule has 1 fully saturated rings. The number of carbonyl (C=O) groups excluding carboxylic acids is 2. The summed E-state index contributed by atoms with van der Waals surface area (Å²) in [6, 6.07) is 13.5. The van der Waals surface area contributed by atoms with Crippen LogP contribution in [-0.4, -0.2) is 41.5 Å². The van der Waals surface area contributed by atoms with Gasteiger partial charge in [0, 0.05) is 25.0 Å². The van der Waals surface area contributed by atoms with Gasteiger partial charge in [-0.15, -0.1) is 0 Å². The molecule has 1 aliphatic carbocycles. The second kappa shape index (κ2) is 7.31. The van der Waals surface area contributed by atoms with Gasteiger partial charge >= 0.3 is 0 Å². The number of imidazole rings is 1. The minimum Gasteiger partial charge on any atom is -0.334 e. The zero-order chi connectivity index (χ0) is 22.3. The first-order valence-electron chi connectivity index (χ1n) is 9.96. The lowest BCUT2D eigenvalue weighted by Crippen LogP contribution is -2.36. The Balaban J connectivity index is 1.39. The molecule has 1 aromatic carbocycles. The van der Waals surface area contributed by atoms with Crippen molar-refractivity contribution in [2.45, 2.75) is 18.4 Å². The fraction of sp³-hybridized carbons (Fsp3) is 0.182. The van der Waals surface area contributed by atoms with Crippen molar-refractivity contribution in [3.63, 3.8) is 0 Å². The van der Waals surface area contributed by atoms with Gasteiger partial charge in [-0.25, -0.2) is 4.98 Å². The molecule has 0 aliphatic heterocycles. The Morgan fingerprint density at radius 1 is 1.12 bits per heavy atom. The van der Waals surface area contributed by atoms with Crippen molar-refractivity contribution >= 4 is 23.4 Å². The van der Waals surface area contributed by atoms with Crippen molar-refractivity contribution in [2.24, 2.45) is 7.05 Å². The molecular formula is C22H18N8O2. The minimum absolute atomic E-state index is 0.0752. The van der Waals surface area contributed by atoms with Gasteiger partial charge in [-0.05, 0) is 18.9 Å². The van der Waals surface area contributed by atoms with E-state index in [4.69, 9.17) is 0 Å². The van der Waals surface area contributed by atoms with E-state index in [1.807, 2.05) is 36.5 Å². The van der Waals surface area contributed by atoms with Crippen LogP contribution in [0.5, 0.6) is 0 Å². The number of amides is 2. The molecule has 10 nitrogen and oxygen atoms in total. The molecule has 0 bridgehead atoms. The van der Waals surface area contributed by atoms with Crippen LogP contribution in [0.4, 0.5) is 5.82 Å². The highest BCUT2D eigenvalue weighted by molar-refractivity contribution is 6.11. The van der Waals surface area contributed by atoms with Crippen LogP contribution in [0.25, 0.3) is 17.0 Å². The normalized spacial score (nSPS) is 14.0. The Labute approximate surface area is 182 Å². The average molecular weight is 426 g/mol. The van der Waals surface area contributed by atoms with Crippen molar-refractivity contribution in [1.82, 2.24) is 29.5 Å². The maximum atomic E-state index is 13.0. The lowest BCUT2D eigenvalue weighted by Gasteiger charge is -2.10. The number of rotatable bonds is 5. The standard InChI is InChI=1S/C22H18N8O2/c1-29-18(15(11-24-29)19(31)28-22(13-23)8-9-22)20(32)26-17-7-10-30-12-16(25-21(30)27-17)14-5-3-2-4-6-14/h2-7,10-12H,8-9H2,1H3,(H,28,31)(H,25,26,27,32). The number of carbonyl (C=O) groups is 2. The number of nitrogens with zero attached hydrogens (tertiary/aromatic N) is 6. The Morgan fingerprint density at radius 2 is 1.91 bits per heavy atom. The third-order valence-electron chi connectivity index (χ3n) is 5.35. The SMILES string of the molecule is Cn1ncc(C(=O)NC2(C#N)CC2)c1C(=O)Nc1ccn2cc(-c3ccccc3)nc2n1. The molecule has 2 amide bonds. The molecule has 0 radical (unpaired) electrons. The Hall–Kier alpha value is -4.52. The number of hydrogen-bond acceptors (Lipinski definition) is 6. The van der Waals surface area contributed by atoms with E-state index in [-0.39, 0.29) is 17.1 Å². The van der Waals surface area contributed by atoms with E-state index < -0.39 is 17.4 Å². The molecule has 0 spiro atoms. The fourth-order valence-corrected chi connectivity index (χ4v) is 3.41. The zero-order valence-electron chi connectivity index (χ0n) is 17.1. The van der Waals surface area contributed by atoms with Gasteiger partial charge in [0.15, 0.2) is 0 Å². The van der Waals surface area contributed by atoms with Crippen LogP contribution < -0.4 is 10.6 Å². The maximum absolute atomic E-state index is 13.0. The summed E-state index contributed by atoms with van der Waals surface area (Å²) in [5.74, 6) is -0.333. The van der Waals surface area contributed by atoms with Crippen LogP contribution in [0.15, 0.2) is 55.0 Å². The molecule has 32 heavy (non-hydrogen) atoms. The summed E-state index contributed by atoms with van der Waals surface area (Å²) < 4.78 is 3.08. The second-order valence-electron chi connectivity index (χ2n) is 7.64. The summed E-state index contributed by atoms with van der Waals surface area (Å²) in [5.41, 5.74) is 1.05. The Kier molecular flexibility index (Phi) is 4.44. The highest BCUT2D eigenvalue weighted by Crippen LogP contribution is 2.34. The van der Waals surface area contributed by atoms with Gasteiger partial charge in [-0.2, -0.15) is 15.3 Å². The molecule has 3 heterocycles. The van der Waals surface area contributed by atoms with E-state index >= 15 is 0 Å². The van der Waals surface area contributed by atoms with Gasteiger partial charge in [0.2, 0.25) is 5.78 Å². The van der Waals surface area contributed by atoms with Gasteiger partial charge in [0.25, 0.3) is 11.8 Å². The lowest BCUT2D eigenvalue weighted by atomic mass is 10.2. The van der Waals surface area contributed by atoms with Crippen LogP contribution >= 0.6 is 0 Å². The van der Waals surface area contributed by atoms with Crippen molar-refractivity contribution in [2.75, 3.05) is 5.32 Å². The molecule has 1 aliphatic rings. The summed E-state index contributed by atoms with van der Waals surface area (Å²) in [7, 11) is 1.57. The molecule has 0 unspecified atom stereocenters. The molecule has 5 rings (SSSR count). The first-order chi connectivity index (χ1) is 15.5. The number of aryl methyl sites for hydroxylation is 1. The first-order valence-corrected chi connectivity index (χ1v) is 9.96. The smallest absolute Gasteiger partial charge is 0.275 e. The van der Waals surface area contributed by atoms with Crippen LogP contribution in [0.1, 0.15) is 33.7 Å².